The lowest BCUT2D eigenvalue weighted by Gasteiger charge is -2.23. The van der Waals surface area contributed by atoms with Crippen molar-refractivity contribution in [3.05, 3.63) is 88.9 Å². The Labute approximate surface area is 351 Å². The van der Waals surface area contributed by atoms with Crippen LogP contribution in [0.15, 0.2) is 83.3 Å². The van der Waals surface area contributed by atoms with Gasteiger partial charge in [-0.05, 0) is 97.9 Å². The van der Waals surface area contributed by atoms with Crippen LogP contribution in [-0.2, 0) is 9.59 Å². The minimum atomic E-state index is -0.875. The van der Waals surface area contributed by atoms with Crippen LogP contribution in [0, 0.1) is 11.8 Å². The highest BCUT2D eigenvalue weighted by atomic mass is 79.9. The number of carbonyl (C=O) groups excluding carboxylic acids is 4. The highest BCUT2D eigenvalue weighted by Gasteiger charge is 2.27. The van der Waals surface area contributed by atoms with Crippen molar-refractivity contribution in [2.45, 2.75) is 77.0 Å². The van der Waals surface area contributed by atoms with Crippen LogP contribution >= 0.6 is 15.9 Å². The monoisotopic (exact) mass is 858 g/mol. The molecule has 2 saturated heterocycles. The number of nitrogens with zero attached hydrogens (tertiary/aromatic N) is 4. The number of amides is 6. The molecule has 0 aromatic heterocycles. The zero-order chi connectivity index (χ0) is 41.3. The Kier molecular flexibility index (Phi) is 17.4. The van der Waals surface area contributed by atoms with Crippen LogP contribution in [0.5, 0.6) is 0 Å². The van der Waals surface area contributed by atoms with Crippen LogP contribution in [0.2, 0.25) is 0 Å². The molecule has 0 unspecified atom stereocenters. The molecule has 3 aromatic rings. The van der Waals surface area contributed by atoms with Gasteiger partial charge in [0.25, 0.3) is 0 Å². The number of carbonyl (C=O) groups is 5. The van der Waals surface area contributed by atoms with Crippen molar-refractivity contribution in [2.75, 3.05) is 57.7 Å². The molecule has 4 fully saturated rings. The predicted octanol–water partition coefficient (Wildman–Crippen LogP) is 8.33. The van der Waals surface area contributed by atoms with Gasteiger partial charge in [0.15, 0.2) is 0 Å². The van der Waals surface area contributed by atoms with Crippen LogP contribution in [-0.4, -0.2) is 107 Å². The fourth-order valence-corrected chi connectivity index (χ4v) is 8.37. The first-order valence-electron chi connectivity index (χ1n) is 20.9. The molecule has 6 amide bonds. The lowest BCUT2D eigenvalue weighted by Crippen LogP contribution is -2.39. The third kappa shape index (κ3) is 14.2. The first kappa shape index (κ1) is 44.2. The molecule has 4 aliphatic rings. The van der Waals surface area contributed by atoms with Gasteiger partial charge < -0.3 is 35.8 Å². The van der Waals surface area contributed by atoms with E-state index in [0.717, 1.165) is 40.7 Å². The molecule has 312 valence electrons. The molecule has 3 aromatic carbocycles. The van der Waals surface area contributed by atoms with Crippen molar-refractivity contribution < 1.29 is 29.1 Å². The molecule has 2 aliphatic carbocycles. The number of hydrogen-bond acceptors (Lipinski definition) is 5. The number of urea groups is 1. The summed E-state index contributed by atoms with van der Waals surface area (Å²) in [5.74, 6) is 1.23. The molecule has 0 atom stereocenters. The van der Waals surface area contributed by atoms with Gasteiger partial charge in [-0.1, -0.05) is 84.1 Å². The highest BCUT2D eigenvalue weighted by molar-refractivity contribution is 9.10. The van der Waals surface area contributed by atoms with Crippen molar-refractivity contribution in [2.24, 2.45) is 17.6 Å². The standard InChI is InChI=1S/C19H26BrN3O2.C13H22N2O3.C13H11NO/c20-16-6-8-17(9-7-16)21-19(25)23-11-3-10-22(12-13-23)18(24)14-15-4-1-2-5-15;16-12(10-11-4-1-2-5-11)14-6-3-7-15(9-8-14)13(17)18;14-13(15)12-8-6-11(7-9-12)10-4-2-1-3-5-10/h6-9,15H,1-5,10-14H2,(H,21,25);11H,1-10H2,(H,17,18);1-9H,(H2,14,15). The molecule has 2 heterocycles. The fraction of sp³-hybridized carbons (Fsp3) is 0.489. The maximum atomic E-state index is 12.5. The number of halogens is 1. The molecule has 13 heteroatoms. The molecule has 4 N–H and O–H groups in total. The van der Waals surface area contributed by atoms with E-state index in [4.69, 9.17) is 10.8 Å². The number of rotatable bonds is 7. The lowest BCUT2D eigenvalue weighted by molar-refractivity contribution is -0.132. The van der Waals surface area contributed by atoms with Gasteiger partial charge in [-0.25, -0.2) is 9.59 Å². The normalized spacial score (nSPS) is 17.5. The molecule has 2 saturated carbocycles. The minimum Gasteiger partial charge on any atom is -0.465 e. The Morgan fingerprint density at radius 1 is 0.569 bits per heavy atom. The second-order valence-corrected chi connectivity index (χ2v) is 16.6. The molecule has 7 rings (SSSR count). The summed E-state index contributed by atoms with van der Waals surface area (Å²) in [4.78, 5) is 65.9. The zero-order valence-electron chi connectivity index (χ0n) is 33.5. The molecule has 0 spiro atoms. The molecule has 12 nitrogen and oxygen atoms in total. The van der Waals surface area contributed by atoms with Crippen molar-refractivity contribution in [1.82, 2.24) is 19.6 Å². The number of hydrogen-bond donors (Lipinski definition) is 3. The topological polar surface area (TPSA) is 157 Å². The number of anilines is 1. The molecule has 58 heavy (non-hydrogen) atoms. The highest BCUT2D eigenvalue weighted by Crippen LogP contribution is 2.29. The van der Waals surface area contributed by atoms with Crippen molar-refractivity contribution in [3.8, 4) is 11.1 Å². The molecular formula is C45H59BrN6O6. The quantitative estimate of drug-likeness (QED) is 0.217. The Hall–Kier alpha value is -4.91. The second-order valence-electron chi connectivity index (χ2n) is 15.7. The Morgan fingerprint density at radius 3 is 1.52 bits per heavy atom. The molecular weight excluding hydrogens is 800 g/mol. The van der Waals surface area contributed by atoms with Crippen LogP contribution in [0.1, 0.15) is 87.4 Å². The van der Waals surface area contributed by atoms with E-state index in [0.29, 0.717) is 76.1 Å². The van der Waals surface area contributed by atoms with Crippen molar-refractivity contribution in [1.29, 1.82) is 0 Å². The average Bonchev–Trinajstić information content (AvgIpc) is 3.80. The smallest absolute Gasteiger partial charge is 0.407 e. The maximum absolute atomic E-state index is 12.5. The minimum absolute atomic E-state index is 0.0904. The summed E-state index contributed by atoms with van der Waals surface area (Å²) >= 11 is 3.39. The van der Waals surface area contributed by atoms with Crippen LogP contribution in [0.4, 0.5) is 15.3 Å². The van der Waals surface area contributed by atoms with E-state index < -0.39 is 12.0 Å². The van der Waals surface area contributed by atoms with Gasteiger partial charge in [-0.2, -0.15) is 0 Å². The third-order valence-electron chi connectivity index (χ3n) is 11.5. The van der Waals surface area contributed by atoms with E-state index in [2.05, 4.69) is 21.2 Å². The van der Waals surface area contributed by atoms with Crippen LogP contribution in [0.25, 0.3) is 11.1 Å². The van der Waals surface area contributed by atoms with Gasteiger partial charge in [-0.15, -0.1) is 0 Å². The Morgan fingerprint density at radius 2 is 1.02 bits per heavy atom. The average molecular weight is 860 g/mol. The van der Waals surface area contributed by atoms with E-state index in [1.807, 2.05) is 81.4 Å². The van der Waals surface area contributed by atoms with Gasteiger partial charge >= 0.3 is 12.1 Å². The van der Waals surface area contributed by atoms with Gasteiger partial charge in [0.1, 0.15) is 0 Å². The number of nitrogens with two attached hydrogens (primary N) is 1. The van der Waals surface area contributed by atoms with Crippen molar-refractivity contribution >= 4 is 51.5 Å². The third-order valence-corrected chi connectivity index (χ3v) is 12.0. The first-order valence-corrected chi connectivity index (χ1v) is 21.6. The van der Waals surface area contributed by atoms with Gasteiger partial charge in [-0.3, -0.25) is 14.4 Å². The molecule has 0 bridgehead atoms. The summed E-state index contributed by atoms with van der Waals surface area (Å²) in [6.45, 7) is 4.93. The second kappa shape index (κ2) is 22.9. The summed E-state index contributed by atoms with van der Waals surface area (Å²) in [7, 11) is 0. The summed E-state index contributed by atoms with van der Waals surface area (Å²) in [6, 6.07) is 24.7. The summed E-state index contributed by atoms with van der Waals surface area (Å²) in [5.41, 5.74) is 8.70. The van der Waals surface area contributed by atoms with Crippen LogP contribution in [0.3, 0.4) is 0 Å². The first-order chi connectivity index (χ1) is 28.0. The summed E-state index contributed by atoms with van der Waals surface area (Å²) in [5, 5.41) is 11.9. The van der Waals surface area contributed by atoms with Gasteiger partial charge in [0.05, 0.1) is 0 Å². The van der Waals surface area contributed by atoms with Gasteiger partial charge in [0, 0.05) is 80.9 Å². The lowest BCUT2D eigenvalue weighted by atomic mass is 10.0. The van der Waals surface area contributed by atoms with E-state index in [9.17, 15) is 24.0 Å². The SMILES string of the molecule is NC(=O)c1ccc(-c2ccccc2)cc1.O=C(CC1CCCC1)N1CCCN(C(=O)Nc2ccc(Br)cc2)CC1.O=C(O)N1CCCN(C(=O)CC2CCCC2)CC1. The zero-order valence-corrected chi connectivity index (χ0v) is 35.1. The Bertz CT molecular complexity index is 1780. The number of carboxylic acid groups (broad SMARTS) is 1. The number of nitrogens with one attached hydrogen (secondary N) is 1. The largest absolute Gasteiger partial charge is 0.465 e. The summed E-state index contributed by atoms with van der Waals surface area (Å²) in [6.07, 6.45) is 11.9. The predicted molar refractivity (Wildman–Crippen MR) is 230 cm³/mol. The fourth-order valence-electron chi connectivity index (χ4n) is 8.10. The van der Waals surface area contributed by atoms with E-state index in [1.54, 1.807) is 12.1 Å². The maximum Gasteiger partial charge on any atom is 0.407 e. The Balaban J connectivity index is 0.000000172. The number of primary amides is 1. The van der Waals surface area contributed by atoms with E-state index >= 15 is 0 Å². The summed E-state index contributed by atoms with van der Waals surface area (Å²) < 4.78 is 0.983. The molecule has 0 radical (unpaired) electrons. The molecule has 2 aliphatic heterocycles. The van der Waals surface area contributed by atoms with E-state index in [1.165, 1.54) is 56.3 Å². The van der Waals surface area contributed by atoms with Crippen molar-refractivity contribution in [3.63, 3.8) is 0 Å². The van der Waals surface area contributed by atoms with Crippen LogP contribution < -0.4 is 11.1 Å². The van der Waals surface area contributed by atoms with Gasteiger partial charge in [0.2, 0.25) is 17.7 Å². The number of benzene rings is 3. The van der Waals surface area contributed by atoms with E-state index in [-0.39, 0.29) is 17.8 Å².